The van der Waals surface area contributed by atoms with Gasteiger partial charge in [0, 0.05) is 17.8 Å². The molecule has 0 fully saturated rings. The van der Waals surface area contributed by atoms with Crippen LogP contribution in [0.3, 0.4) is 0 Å². The van der Waals surface area contributed by atoms with Gasteiger partial charge in [0.05, 0.1) is 17.6 Å². The van der Waals surface area contributed by atoms with E-state index in [1.54, 1.807) is 0 Å². The smallest absolute Gasteiger partial charge is 0.338 e. The van der Waals surface area contributed by atoms with Crippen LogP contribution in [0.5, 0.6) is 17.2 Å². The van der Waals surface area contributed by atoms with Crippen molar-refractivity contribution in [3.8, 4) is 17.2 Å². The predicted molar refractivity (Wildman–Crippen MR) is 96.0 cm³/mol. The summed E-state index contributed by atoms with van der Waals surface area (Å²) < 4.78 is 21.1. The van der Waals surface area contributed by atoms with Crippen molar-refractivity contribution in [3.63, 3.8) is 0 Å². The molecule has 0 radical (unpaired) electrons. The number of benzene rings is 2. The first kappa shape index (κ1) is 19.0. The van der Waals surface area contributed by atoms with Crippen LogP contribution in [0.1, 0.15) is 10.4 Å². The van der Waals surface area contributed by atoms with Crippen molar-refractivity contribution in [1.29, 1.82) is 0 Å². The number of nitro groups is 1. The topological polar surface area (TPSA) is 126 Å². The maximum absolute atomic E-state index is 12.3. The fourth-order valence-corrected chi connectivity index (χ4v) is 2.50. The number of esters is 1. The molecule has 0 atom stereocenters. The normalized spacial score (nSPS) is 12.0. The zero-order valence-electron chi connectivity index (χ0n) is 14.8. The van der Waals surface area contributed by atoms with Crippen molar-refractivity contribution in [3.05, 3.63) is 52.1 Å². The Labute approximate surface area is 159 Å². The molecule has 0 aromatic heterocycles. The van der Waals surface area contributed by atoms with Crippen molar-refractivity contribution >= 4 is 23.3 Å². The standard InChI is InChI=1S/C18H16N2O8/c1-25-14-7-11(8-15-17(14)27-6-5-26-15)18(22)28-10-16(21)19-12-3-2-4-13(9-12)20(23)24/h2-4,7-9H,5-6,10H2,1H3,(H,19,21). The number of anilines is 1. The van der Waals surface area contributed by atoms with Crippen molar-refractivity contribution in [2.45, 2.75) is 0 Å². The molecule has 3 rings (SSSR count). The van der Waals surface area contributed by atoms with E-state index in [0.29, 0.717) is 30.5 Å². The summed E-state index contributed by atoms with van der Waals surface area (Å²) in [5, 5.41) is 13.2. The van der Waals surface area contributed by atoms with E-state index in [1.165, 1.54) is 43.5 Å². The molecule has 1 aliphatic rings. The molecule has 1 heterocycles. The molecule has 10 nitrogen and oxygen atoms in total. The summed E-state index contributed by atoms with van der Waals surface area (Å²) in [4.78, 5) is 34.4. The van der Waals surface area contributed by atoms with Crippen LogP contribution in [0.4, 0.5) is 11.4 Å². The number of nitrogens with one attached hydrogen (secondary N) is 1. The first-order valence-corrected chi connectivity index (χ1v) is 8.17. The van der Waals surface area contributed by atoms with Crippen molar-refractivity contribution < 1.29 is 33.5 Å². The average Bonchev–Trinajstić information content (AvgIpc) is 2.71. The Morgan fingerprint density at radius 3 is 2.75 bits per heavy atom. The minimum Gasteiger partial charge on any atom is -0.493 e. The summed E-state index contributed by atoms with van der Waals surface area (Å²) in [5.41, 5.74) is 0.179. The minimum atomic E-state index is -0.760. The van der Waals surface area contributed by atoms with Crippen LogP contribution in [0.25, 0.3) is 0 Å². The van der Waals surface area contributed by atoms with Gasteiger partial charge in [-0.1, -0.05) is 6.07 Å². The Balaban J connectivity index is 1.63. The number of nitrogens with zero attached hydrogens (tertiary/aromatic N) is 1. The van der Waals surface area contributed by atoms with E-state index in [4.69, 9.17) is 18.9 Å². The van der Waals surface area contributed by atoms with Gasteiger partial charge in [0.15, 0.2) is 18.1 Å². The number of ether oxygens (including phenoxy) is 4. The zero-order valence-corrected chi connectivity index (χ0v) is 14.8. The molecule has 0 saturated carbocycles. The third-order valence-corrected chi connectivity index (χ3v) is 3.74. The van der Waals surface area contributed by atoms with Gasteiger partial charge in [-0.05, 0) is 18.2 Å². The fraction of sp³-hybridized carbons (Fsp3) is 0.222. The predicted octanol–water partition coefficient (Wildman–Crippen LogP) is 2.17. The van der Waals surface area contributed by atoms with E-state index in [9.17, 15) is 19.7 Å². The Hall–Kier alpha value is -3.82. The first-order valence-electron chi connectivity index (χ1n) is 8.17. The summed E-state index contributed by atoms with van der Waals surface area (Å²) in [6.45, 7) is 0.129. The lowest BCUT2D eigenvalue weighted by Crippen LogP contribution is -2.21. The monoisotopic (exact) mass is 388 g/mol. The molecule has 2 aromatic carbocycles. The third-order valence-electron chi connectivity index (χ3n) is 3.74. The summed E-state index contributed by atoms with van der Waals surface area (Å²) in [7, 11) is 1.43. The number of amides is 1. The number of non-ortho nitro benzene ring substituents is 1. The second-order valence-corrected chi connectivity index (χ2v) is 5.63. The number of fused-ring (bicyclic) bond motifs is 1. The number of hydrogen-bond donors (Lipinski definition) is 1. The van der Waals surface area contributed by atoms with Crippen LogP contribution < -0.4 is 19.5 Å². The highest BCUT2D eigenvalue weighted by molar-refractivity contribution is 5.96. The highest BCUT2D eigenvalue weighted by Gasteiger charge is 2.22. The summed E-state index contributed by atoms with van der Waals surface area (Å²) in [6.07, 6.45) is 0. The number of methoxy groups -OCH3 is 1. The summed E-state index contributed by atoms with van der Waals surface area (Å²) in [5.74, 6) is -0.347. The average molecular weight is 388 g/mol. The number of nitro benzene ring substituents is 1. The van der Waals surface area contributed by atoms with Gasteiger partial charge in [0.1, 0.15) is 13.2 Å². The van der Waals surface area contributed by atoms with Crippen LogP contribution in [0, 0.1) is 10.1 Å². The van der Waals surface area contributed by atoms with Crippen LogP contribution >= 0.6 is 0 Å². The maximum atomic E-state index is 12.3. The lowest BCUT2D eigenvalue weighted by atomic mass is 10.1. The van der Waals surface area contributed by atoms with Crippen molar-refractivity contribution in [2.24, 2.45) is 0 Å². The molecule has 28 heavy (non-hydrogen) atoms. The van der Waals surface area contributed by atoms with E-state index in [1.807, 2.05) is 0 Å². The Morgan fingerprint density at radius 2 is 2.00 bits per heavy atom. The number of hydrogen-bond acceptors (Lipinski definition) is 8. The van der Waals surface area contributed by atoms with Gasteiger partial charge in [-0.25, -0.2) is 4.79 Å². The Morgan fingerprint density at radius 1 is 1.21 bits per heavy atom. The zero-order chi connectivity index (χ0) is 20.1. The van der Waals surface area contributed by atoms with E-state index in [0.717, 1.165) is 0 Å². The SMILES string of the molecule is COc1cc(C(=O)OCC(=O)Nc2cccc([N+](=O)[O-])c2)cc2c1OCCO2. The number of carbonyl (C=O) groups excluding carboxylic acids is 2. The number of rotatable bonds is 6. The molecule has 2 aromatic rings. The fourth-order valence-electron chi connectivity index (χ4n) is 2.50. The van der Waals surface area contributed by atoms with Gasteiger partial charge in [0.25, 0.3) is 11.6 Å². The minimum absolute atomic E-state index is 0.129. The van der Waals surface area contributed by atoms with Crippen LogP contribution in [0.2, 0.25) is 0 Å². The van der Waals surface area contributed by atoms with Crippen molar-refractivity contribution in [1.82, 2.24) is 0 Å². The lowest BCUT2D eigenvalue weighted by molar-refractivity contribution is -0.384. The largest absolute Gasteiger partial charge is 0.493 e. The first-order chi connectivity index (χ1) is 13.5. The molecule has 1 amide bonds. The van der Waals surface area contributed by atoms with Crippen LogP contribution in [0.15, 0.2) is 36.4 Å². The van der Waals surface area contributed by atoms with Gasteiger partial charge in [-0.15, -0.1) is 0 Å². The van der Waals surface area contributed by atoms with Gasteiger partial charge in [0.2, 0.25) is 5.75 Å². The molecule has 1 N–H and O–H groups in total. The quantitative estimate of drug-likeness (QED) is 0.453. The lowest BCUT2D eigenvalue weighted by Gasteiger charge is -2.21. The van der Waals surface area contributed by atoms with Crippen LogP contribution in [-0.2, 0) is 9.53 Å². The molecule has 1 aliphatic heterocycles. The van der Waals surface area contributed by atoms with E-state index in [2.05, 4.69) is 5.32 Å². The van der Waals surface area contributed by atoms with Gasteiger partial charge in [-0.2, -0.15) is 0 Å². The highest BCUT2D eigenvalue weighted by atomic mass is 16.6. The Bertz CT molecular complexity index is 911. The Kier molecular flexibility index (Phi) is 5.58. The third kappa shape index (κ3) is 4.29. The highest BCUT2D eigenvalue weighted by Crippen LogP contribution is 2.40. The number of carbonyl (C=O) groups is 2. The van der Waals surface area contributed by atoms with E-state index < -0.39 is 23.4 Å². The second kappa shape index (κ2) is 8.25. The van der Waals surface area contributed by atoms with Gasteiger partial charge in [-0.3, -0.25) is 14.9 Å². The molecule has 0 saturated heterocycles. The second-order valence-electron chi connectivity index (χ2n) is 5.63. The molecule has 0 spiro atoms. The van der Waals surface area contributed by atoms with Crippen molar-refractivity contribution in [2.75, 3.05) is 32.2 Å². The molecule has 0 bridgehead atoms. The maximum Gasteiger partial charge on any atom is 0.338 e. The molecule has 10 heteroatoms. The van der Waals surface area contributed by atoms with Crippen LogP contribution in [-0.4, -0.2) is 43.7 Å². The van der Waals surface area contributed by atoms with E-state index >= 15 is 0 Å². The molecule has 0 unspecified atom stereocenters. The molecular weight excluding hydrogens is 372 g/mol. The summed E-state index contributed by atoms with van der Waals surface area (Å²) in [6, 6.07) is 8.28. The van der Waals surface area contributed by atoms with E-state index in [-0.39, 0.29) is 16.9 Å². The molecule has 146 valence electrons. The van der Waals surface area contributed by atoms with Gasteiger partial charge >= 0.3 is 5.97 Å². The molecule has 0 aliphatic carbocycles. The summed E-state index contributed by atoms with van der Waals surface area (Å²) >= 11 is 0. The molecular formula is C18H16N2O8. The van der Waals surface area contributed by atoms with Gasteiger partial charge < -0.3 is 24.3 Å².